The fraction of sp³-hybridized carbons (Fsp3) is 0.222. The molecule has 1 aromatic rings. The lowest BCUT2D eigenvalue weighted by molar-refractivity contribution is 0.513. The lowest BCUT2D eigenvalue weighted by Crippen LogP contribution is -1.88. The highest BCUT2D eigenvalue weighted by Gasteiger charge is 1.96. The summed E-state index contributed by atoms with van der Waals surface area (Å²) in [6.45, 7) is 5.45. The van der Waals surface area contributed by atoms with Gasteiger partial charge in [0.15, 0.2) is 0 Å². The first-order valence-electron chi connectivity index (χ1n) is 3.57. The first-order chi connectivity index (χ1) is 5.24. The van der Waals surface area contributed by atoms with E-state index in [0.717, 1.165) is 17.7 Å². The van der Waals surface area contributed by atoms with Crippen molar-refractivity contribution < 1.29 is 5.11 Å². The van der Waals surface area contributed by atoms with Gasteiger partial charge in [0.25, 0.3) is 0 Å². The Balaban J connectivity index is 3.01. The summed E-state index contributed by atoms with van der Waals surface area (Å²) in [7, 11) is 0. The normalized spacial score (nSPS) is 9.55. The smallest absolute Gasteiger partial charge is 0.115 e. The summed E-state index contributed by atoms with van der Waals surface area (Å²) in [5, 5.41) is 9.02. The molecule has 0 aliphatic rings. The number of hydrogen-bond donors (Lipinski definition) is 1. The van der Waals surface area contributed by atoms with E-state index in [4.69, 9.17) is 5.11 Å². The molecular formula is C9H11NO. The summed E-state index contributed by atoms with van der Waals surface area (Å²) in [4.78, 5) is 4.09. The van der Waals surface area contributed by atoms with Crippen LogP contribution in [0.5, 0.6) is 0 Å². The van der Waals surface area contributed by atoms with Crippen LogP contribution in [0.15, 0.2) is 24.9 Å². The molecule has 0 aliphatic heterocycles. The van der Waals surface area contributed by atoms with Gasteiger partial charge >= 0.3 is 0 Å². The Bertz CT molecular complexity index is 268. The number of hydrogen-bond acceptors (Lipinski definition) is 2. The minimum absolute atomic E-state index is 0.0992. The number of aromatic nitrogens is 1. The molecule has 0 atom stereocenters. The van der Waals surface area contributed by atoms with E-state index in [1.165, 1.54) is 0 Å². The highest BCUT2D eigenvalue weighted by atomic mass is 16.3. The second kappa shape index (κ2) is 3.19. The average molecular weight is 149 g/mol. The van der Waals surface area contributed by atoms with Crippen molar-refractivity contribution in [1.82, 2.24) is 4.98 Å². The summed E-state index contributed by atoms with van der Waals surface area (Å²) in [5.41, 5.74) is 1.72. The monoisotopic (exact) mass is 149 g/mol. The third-order valence-corrected chi connectivity index (χ3v) is 1.51. The van der Waals surface area contributed by atoms with Gasteiger partial charge < -0.3 is 5.11 Å². The molecule has 0 unspecified atom stereocenters. The van der Waals surface area contributed by atoms with Gasteiger partial charge in [-0.2, -0.15) is 0 Å². The van der Waals surface area contributed by atoms with E-state index in [1.807, 2.05) is 13.0 Å². The number of rotatable bonds is 2. The van der Waals surface area contributed by atoms with Gasteiger partial charge in [0.2, 0.25) is 0 Å². The van der Waals surface area contributed by atoms with Crippen molar-refractivity contribution >= 4 is 5.76 Å². The predicted octanol–water partition coefficient (Wildman–Crippen LogP) is 2.17. The quantitative estimate of drug-likeness (QED) is 0.654. The molecule has 0 spiro atoms. The minimum atomic E-state index is 0.0992. The van der Waals surface area contributed by atoms with Gasteiger partial charge in [-0.3, -0.25) is 4.98 Å². The lowest BCUT2D eigenvalue weighted by atomic mass is 10.2. The zero-order valence-electron chi connectivity index (χ0n) is 6.54. The van der Waals surface area contributed by atoms with Gasteiger partial charge in [-0.15, -0.1) is 0 Å². The van der Waals surface area contributed by atoms with Gasteiger partial charge in [-0.05, 0) is 18.6 Å². The van der Waals surface area contributed by atoms with Crippen molar-refractivity contribution in [1.29, 1.82) is 0 Å². The van der Waals surface area contributed by atoms with Crippen LogP contribution in [0.3, 0.4) is 0 Å². The summed E-state index contributed by atoms with van der Waals surface area (Å²) in [6.07, 6.45) is 2.55. The second-order valence-electron chi connectivity index (χ2n) is 2.34. The van der Waals surface area contributed by atoms with E-state index in [0.29, 0.717) is 0 Å². The second-order valence-corrected chi connectivity index (χ2v) is 2.34. The van der Waals surface area contributed by atoms with Crippen molar-refractivity contribution in [2.24, 2.45) is 0 Å². The van der Waals surface area contributed by atoms with Crippen LogP contribution in [0.2, 0.25) is 0 Å². The standard InChI is InChI=1S/C9H11NO/c1-3-9-6-8(7(2)11)4-5-10-9/h4-6,11H,2-3H2,1H3. The van der Waals surface area contributed by atoms with Gasteiger partial charge in [-0.1, -0.05) is 13.5 Å². The molecule has 2 nitrogen and oxygen atoms in total. The van der Waals surface area contributed by atoms with Crippen LogP contribution in [0, 0.1) is 0 Å². The molecule has 1 rings (SSSR count). The SMILES string of the molecule is C=C(O)c1ccnc(CC)c1. The Labute approximate surface area is 66.2 Å². The summed E-state index contributed by atoms with van der Waals surface area (Å²) < 4.78 is 0. The van der Waals surface area contributed by atoms with Crippen LogP contribution in [0.1, 0.15) is 18.2 Å². The van der Waals surface area contributed by atoms with Crippen LogP contribution in [0.25, 0.3) is 5.76 Å². The summed E-state index contributed by atoms with van der Waals surface area (Å²) in [5.74, 6) is 0.0992. The van der Waals surface area contributed by atoms with Gasteiger partial charge in [0, 0.05) is 17.5 Å². The fourth-order valence-electron chi connectivity index (χ4n) is 0.851. The maximum Gasteiger partial charge on any atom is 0.115 e. The molecular weight excluding hydrogens is 138 g/mol. The Morgan fingerprint density at radius 3 is 3.00 bits per heavy atom. The van der Waals surface area contributed by atoms with Gasteiger partial charge in [-0.25, -0.2) is 0 Å². The topological polar surface area (TPSA) is 33.1 Å². The molecule has 0 aliphatic carbocycles. The average Bonchev–Trinajstić information content (AvgIpc) is 2.05. The minimum Gasteiger partial charge on any atom is -0.508 e. The van der Waals surface area contributed by atoms with E-state index in [1.54, 1.807) is 12.3 Å². The molecule has 0 radical (unpaired) electrons. The molecule has 2 heteroatoms. The molecule has 58 valence electrons. The van der Waals surface area contributed by atoms with Crippen molar-refractivity contribution in [3.8, 4) is 0 Å². The first kappa shape index (κ1) is 7.79. The molecule has 1 aromatic heterocycles. The molecule has 0 saturated carbocycles. The van der Waals surface area contributed by atoms with Crippen LogP contribution < -0.4 is 0 Å². The van der Waals surface area contributed by atoms with Gasteiger partial charge in [0.1, 0.15) is 5.76 Å². The van der Waals surface area contributed by atoms with Crippen molar-refractivity contribution in [3.63, 3.8) is 0 Å². The maximum atomic E-state index is 9.02. The zero-order chi connectivity index (χ0) is 8.27. The molecule has 0 bridgehead atoms. The summed E-state index contributed by atoms with van der Waals surface area (Å²) >= 11 is 0. The largest absolute Gasteiger partial charge is 0.508 e. The van der Waals surface area contributed by atoms with E-state index in [9.17, 15) is 0 Å². The summed E-state index contributed by atoms with van der Waals surface area (Å²) in [6, 6.07) is 3.57. The molecule has 1 heterocycles. The molecule has 0 saturated heterocycles. The molecule has 1 N–H and O–H groups in total. The highest BCUT2D eigenvalue weighted by molar-refractivity contribution is 5.55. The number of pyridine rings is 1. The highest BCUT2D eigenvalue weighted by Crippen LogP contribution is 2.09. The van der Waals surface area contributed by atoms with E-state index in [2.05, 4.69) is 11.6 Å². The Kier molecular flexibility index (Phi) is 2.26. The van der Waals surface area contributed by atoms with Crippen LogP contribution in [-0.2, 0) is 6.42 Å². The van der Waals surface area contributed by atoms with Crippen molar-refractivity contribution in [2.45, 2.75) is 13.3 Å². The molecule has 0 fully saturated rings. The number of aliphatic hydroxyl groups excluding tert-OH is 1. The molecule has 0 aromatic carbocycles. The molecule has 11 heavy (non-hydrogen) atoms. The van der Waals surface area contributed by atoms with Crippen LogP contribution in [-0.4, -0.2) is 10.1 Å². The lowest BCUT2D eigenvalue weighted by Gasteiger charge is -1.99. The van der Waals surface area contributed by atoms with E-state index in [-0.39, 0.29) is 5.76 Å². The zero-order valence-corrected chi connectivity index (χ0v) is 6.54. The first-order valence-corrected chi connectivity index (χ1v) is 3.57. The number of aryl methyl sites for hydroxylation is 1. The van der Waals surface area contributed by atoms with E-state index < -0.39 is 0 Å². The maximum absolute atomic E-state index is 9.02. The number of aliphatic hydroxyl groups is 1. The Hall–Kier alpha value is -1.31. The van der Waals surface area contributed by atoms with E-state index >= 15 is 0 Å². The molecule has 0 amide bonds. The number of nitrogens with zero attached hydrogens (tertiary/aromatic N) is 1. The predicted molar refractivity (Wildman–Crippen MR) is 45.3 cm³/mol. The van der Waals surface area contributed by atoms with Crippen molar-refractivity contribution in [2.75, 3.05) is 0 Å². The fourth-order valence-corrected chi connectivity index (χ4v) is 0.851. The Morgan fingerprint density at radius 1 is 1.73 bits per heavy atom. The van der Waals surface area contributed by atoms with Crippen molar-refractivity contribution in [3.05, 3.63) is 36.2 Å². The van der Waals surface area contributed by atoms with Gasteiger partial charge in [0.05, 0.1) is 0 Å². The third kappa shape index (κ3) is 1.80. The Morgan fingerprint density at radius 2 is 2.45 bits per heavy atom. The van der Waals surface area contributed by atoms with Crippen LogP contribution in [0.4, 0.5) is 0 Å². The van der Waals surface area contributed by atoms with Crippen LogP contribution >= 0.6 is 0 Å². The third-order valence-electron chi connectivity index (χ3n) is 1.51.